The molecule has 4 heterocycles. The molecule has 4 aliphatic rings. The van der Waals surface area contributed by atoms with Gasteiger partial charge in [-0.05, 0) is 74.0 Å². The largest absolute Gasteiger partial charge is 0.501 e. The summed E-state index contributed by atoms with van der Waals surface area (Å²) >= 11 is 0. The molecule has 0 aromatic heterocycles. The van der Waals surface area contributed by atoms with Gasteiger partial charge in [-0.15, -0.1) is 0 Å². The molecule has 5 heteroatoms. The highest BCUT2D eigenvalue weighted by Crippen LogP contribution is 2.33. The molecule has 2 aromatic carbocycles. The molecule has 0 atom stereocenters. The van der Waals surface area contributed by atoms with Crippen LogP contribution in [0, 0.1) is 11.7 Å². The lowest BCUT2D eigenvalue weighted by Crippen LogP contribution is -2.43. The smallest absolute Gasteiger partial charge is 0.210 e. The molecule has 3 fully saturated rings. The van der Waals surface area contributed by atoms with Crippen LogP contribution >= 0.6 is 0 Å². The summed E-state index contributed by atoms with van der Waals surface area (Å²) in [5.74, 6) is 1.81. The van der Waals surface area contributed by atoms with Crippen molar-refractivity contribution in [3.8, 4) is 0 Å². The van der Waals surface area contributed by atoms with Crippen molar-refractivity contribution in [2.45, 2.75) is 32.7 Å². The topological polar surface area (TPSA) is 32.8 Å². The molecule has 4 aliphatic heterocycles. The molecular weight excluding hydrogens is 391 g/mol. The number of carbonyl (C=O) groups excluding carboxylic acids is 1. The second kappa shape index (κ2) is 11.7. The van der Waals surface area contributed by atoms with Gasteiger partial charge in [-0.25, -0.2) is 4.39 Å². The van der Waals surface area contributed by atoms with Crippen molar-refractivity contribution >= 4 is 6.41 Å². The summed E-state index contributed by atoms with van der Waals surface area (Å²) in [5.41, 5.74) is 4.22. The number of hydrogen-bond acceptors (Lipinski definition) is 3. The third-order valence-electron chi connectivity index (χ3n) is 6.28. The zero-order valence-electron chi connectivity index (χ0n) is 18.6. The summed E-state index contributed by atoms with van der Waals surface area (Å²) in [6.45, 7) is 7.48. The normalized spacial score (nSPS) is 22.7. The Hall–Kier alpha value is -2.66. The zero-order valence-corrected chi connectivity index (χ0v) is 18.6. The Labute approximate surface area is 185 Å². The number of hydrogen-bond donors (Lipinski definition) is 0. The van der Waals surface area contributed by atoms with E-state index in [9.17, 15) is 9.18 Å². The predicted octanol–water partition coefficient (Wildman–Crippen LogP) is 4.66. The van der Waals surface area contributed by atoms with Crippen molar-refractivity contribution in [3.63, 3.8) is 0 Å². The van der Waals surface area contributed by atoms with E-state index in [1.165, 1.54) is 49.2 Å². The molecule has 166 valence electrons. The van der Waals surface area contributed by atoms with Crippen LogP contribution in [0.15, 0.2) is 65.9 Å². The number of benzene rings is 2. The number of ether oxygens (including phenoxy) is 1. The fourth-order valence-corrected chi connectivity index (χ4v) is 4.36. The molecule has 0 aliphatic carbocycles. The van der Waals surface area contributed by atoms with E-state index >= 15 is 0 Å². The Morgan fingerprint density at radius 3 is 2.13 bits per heavy atom. The number of halogens is 1. The van der Waals surface area contributed by atoms with Gasteiger partial charge < -0.3 is 9.64 Å². The van der Waals surface area contributed by atoms with Crippen LogP contribution in [0.2, 0.25) is 0 Å². The quantitative estimate of drug-likeness (QED) is 0.519. The fourth-order valence-electron chi connectivity index (χ4n) is 4.36. The SMILES string of the molecule is CO/C(C)=C1/CN2CCC1CC2.Fc1ccccc1.O=CN1CCc2ccccc2C1. The summed E-state index contributed by atoms with van der Waals surface area (Å²) in [7, 11) is 1.78. The second-order valence-electron chi connectivity index (χ2n) is 8.23. The number of carbonyl (C=O) groups is 1. The van der Waals surface area contributed by atoms with Gasteiger partial charge in [0.1, 0.15) is 5.82 Å². The van der Waals surface area contributed by atoms with Crippen molar-refractivity contribution in [2.24, 2.45) is 5.92 Å². The highest BCUT2D eigenvalue weighted by Gasteiger charge is 2.30. The Bertz CT molecular complexity index is 861. The molecule has 1 amide bonds. The molecule has 0 saturated carbocycles. The van der Waals surface area contributed by atoms with Gasteiger partial charge >= 0.3 is 0 Å². The summed E-state index contributed by atoms with van der Waals surface area (Å²) in [5, 5.41) is 0. The van der Waals surface area contributed by atoms with E-state index in [-0.39, 0.29) is 5.82 Å². The summed E-state index contributed by atoms with van der Waals surface area (Å²) < 4.78 is 17.2. The lowest BCUT2D eigenvalue weighted by Gasteiger charge is -2.41. The van der Waals surface area contributed by atoms with Gasteiger partial charge in [0.25, 0.3) is 0 Å². The zero-order chi connectivity index (χ0) is 22.1. The first-order chi connectivity index (χ1) is 15.1. The van der Waals surface area contributed by atoms with Crippen LogP contribution in [0.25, 0.3) is 0 Å². The first kappa shape index (κ1) is 23.0. The van der Waals surface area contributed by atoms with E-state index in [0.29, 0.717) is 0 Å². The molecule has 6 rings (SSSR count). The van der Waals surface area contributed by atoms with Crippen LogP contribution in [-0.4, -0.2) is 49.5 Å². The van der Waals surface area contributed by atoms with Crippen molar-refractivity contribution in [1.29, 1.82) is 0 Å². The van der Waals surface area contributed by atoms with E-state index in [2.05, 4.69) is 30.0 Å². The minimum Gasteiger partial charge on any atom is -0.501 e. The Kier molecular flexibility index (Phi) is 8.65. The van der Waals surface area contributed by atoms with Gasteiger partial charge in [0, 0.05) is 19.6 Å². The standard InChI is InChI=1S/C10H17NO.C10H11NO.C6H5F/c1-8(12-2)10-7-11-5-3-9(10)4-6-11;12-8-11-6-5-9-3-1-2-4-10(9)7-11;7-6-4-2-1-3-5-6/h9H,3-7H2,1-2H3;1-4,8H,5-7H2;1-5H/b10-8-;;. The van der Waals surface area contributed by atoms with Gasteiger partial charge in [0.15, 0.2) is 0 Å². The Morgan fingerprint density at radius 1 is 0.968 bits per heavy atom. The highest BCUT2D eigenvalue weighted by molar-refractivity contribution is 5.49. The molecule has 0 unspecified atom stereocenters. The lowest BCUT2D eigenvalue weighted by molar-refractivity contribution is -0.118. The van der Waals surface area contributed by atoms with Crippen LogP contribution in [0.4, 0.5) is 4.39 Å². The Balaban J connectivity index is 0.000000137. The molecular formula is C26H33FN2O2. The molecule has 31 heavy (non-hydrogen) atoms. The minimum atomic E-state index is -0.178. The van der Waals surface area contributed by atoms with Gasteiger partial charge in [0.2, 0.25) is 6.41 Å². The predicted molar refractivity (Wildman–Crippen MR) is 122 cm³/mol. The average Bonchev–Trinajstić information content (AvgIpc) is 2.85. The number of rotatable bonds is 2. The van der Waals surface area contributed by atoms with Crippen LogP contribution in [-0.2, 0) is 22.5 Å². The van der Waals surface area contributed by atoms with Crippen molar-refractivity contribution in [3.05, 3.63) is 82.9 Å². The molecule has 2 aromatic rings. The number of nitrogens with zero attached hydrogens (tertiary/aromatic N) is 2. The summed E-state index contributed by atoms with van der Waals surface area (Å²) in [4.78, 5) is 14.8. The van der Waals surface area contributed by atoms with Crippen LogP contribution in [0.3, 0.4) is 0 Å². The van der Waals surface area contributed by atoms with E-state index in [0.717, 1.165) is 44.1 Å². The lowest BCUT2D eigenvalue weighted by atomic mass is 9.83. The maximum Gasteiger partial charge on any atom is 0.210 e. The molecule has 0 spiro atoms. The van der Waals surface area contributed by atoms with Crippen molar-refractivity contribution in [1.82, 2.24) is 9.80 Å². The maximum atomic E-state index is 11.9. The van der Waals surface area contributed by atoms with Crippen LogP contribution in [0.5, 0.6) is 0 Å². The van der Waals surface area contributed by atoms with E-state index in [4.69, 9.17) is 4.74 Å². The number of fused-ring (bicyclic) bond motifs is 4. The third kappa shape index (κ3) is 6.66. The van der Waals surface area contributed by atoms with E-state index in [1.807, 2.05) is 11.0 Å². The second-order valence-corrected chi connectivity index (χ2v) is 8.23. The monoisotopic (exact) mass is 424 g/mol. The van der Waals surface area contributed by atoms with Crippen molar-refractivity contribution in [2.75, 3.05) is 33.3 Å². The van der Waals surface area contributed by atoms with E-state index in [1.54, 1.807) is 30.9 Å². The average molecular weight is 425 g/mol. The molecule has 4 nitrogen and oxygen atoms in total. The van der Waals surface area contributed by atoms with Gasteiger partial charge in [-0.3, -0.25) is 9.69 Å². The maximum absolute atomic E-state index is 11.9. The van der Waals surface area contributed by atoms with Crippen LogP contribution in [0.1, 0.15) is 30.9 Å². The number of methoxy groups -OCH3 is 1. The molecule has 0 N–H and O–H groups in total. The molecule has 0 radical (unpaired) electrons. The fraction of sp³-hybridized carbons (Fsp3) is 0.423. The first-order valence-electron chi connectivity index (χ1n) is 11.0. The highest BCUT2D eigenvalue weighted by atomic mass is 19.1. The molecule has 3 saturated heterocycles. The van der Waals surface area contributed by atoms with E-state index < -0.39 is 0 Å². The van der Waals surface area contributed by atoms with Gasteiger partial charge in [-0.1, -0.05) is 42.5 Å². The number of piperidine rings is 3. The minimum absolute atomic E-state index is 0.178. The van der Waals surface area contributed by atoms with Gasteiger partial charge in [-0.2, -0.15) is 0 Å². The molecule has 2 bridgehead atoms. The van der Waals surface area contributed by atoms with Gasteiger partial charge in [0.05, 0.1) is 12.9 Å². The van der Waals surface area contributed by atoms with Crippen molar-refractivity contribution < 1.29 is 13.9 Å². The first-order valence-corrected chi connectivity index (χ1v) is 11.0. The Morgan fingerprint density at radius 2 is 1.61 bits per heavy atom. The van der Waals surface area contributed by atoms with Crippen LogP contribution < -0.4 is 0 Å². The third-order valence-corrected chi connectivity index (χ3v) is 6.28. The summed E-state index contributed by atoms with van der Waals surface area (Å²) in [6, 6.07) is 16.2. The summed E-state index contributed by atoms with van der Waals surface area (Å²) in [6.07, 6.45) is 4.61. The number of allylic oxidation sites excluding steroid dienone is 1. The number of amides is 1.